The van der Waals surface area contributed by atoms with Gasteiger partial charge < -0.3 is 26.4 Å². The molecule has 33 heavy (non-hydrogen) atoms. The molecule has 6 nitrogen and oxygen atoms in total. The average molecular weight is 465 g/mol. The molecule has 0 aromatic heterocycles. The number of allylic oxidation sites excluding steroid dienone is 3. The molecule has 180 valence electrons. The van der Waals surface area contributed by atoms with Gasteiger partial charge in [-0.15, -0.1) is 0 Å². The minimum Gasteiger partial charge on any atom is -0.381 e. The van der Waals surface area contributed by atoms with Gasteiger partial charge in [-0.25, -0.2) is 4.79 Å². The smallest absolute Gasteiger partial charge is 0.381 e. The Hall–Kier alpha value is -2.52. The van der Waals surface area contributed by atoms with Crippen molar-refractivity contribution in [3.63, 3.8) is 0 Å². The molecular formula is C24H31F3N4O2. The fourth-order valence-corrected chi connectivity index (χ4v) is 4.98. The van der Waals surface area contributed by atoms with Crippen LogP contribution in [0.2, 0.25) is 0 Å². The molecule has 1 aliphatic carbocycles. The number of carbonyl (C=O) groups is 1. The van der Waals surface area contributed by atoms with Crippen molar-refractivity contribution in [2.24, 2.45) is 17.6 Å². The summed E-state index contributed by atoms with van der Waals surface area (Å²) >= 11 is 0. The van der Waals surface area contributed by atoms with Gasteiger partial charge in [-0.05, 0) is 50.4 Å². The number of nitrogens with two attached hydrogens (primary N) is 1. The van der Waals surface area contributed by atoms with Gasteiger partial charge in [0.25, 0.3) is 0 Å². The summed E-state index contributed by atoms with van der Waals surface area (Å²) in [5.41, 5.74) is 5.98. The highest BCUT2D eigenvalue weighted by atomic mass is 19.4. The highest BCUT2D eigenvalue weighted by molar-refractivity contribution is 5.73. The molecule has 9 heteroatoms. The van der Waals surface area contributed by atoms with Gasteiger partial charge in [-0.3, -0.25) is 0 Å². The van der Waals surface area contributed by atoms with Crippen LogP contribution in [0.4, 0.5) is 23.7 Å². The zero-order chi connectivity index (χ0) is 23.4. The number of hydrogen-bond donors (Lipinski definition) is 4. The van der Waals surface area contributed by atoms with E-state index >= 15 is 0 Å². The van der Waals surface area contributed by atoms with Crippen LogP contribution in [0.15, 0.2) is 42.5 Å². The predicted octanol–water partition coefficient (Wildman–Crippen LogP) is 4.12. The third-order valence-electron chi connectivity index (χ3n) is 6.65. The third kappa shape index (κ3) is 5.52. The van der Waals surface area contributed by atoms with E-state index in [4.69, 9.17) is 10.5 Å². The standard InChI is InChI=1S/C24H31F3N4O2/c25-24(26,27)16-7-10-20-19(13-16)22-18(21(31-20)15-5-2-1-3-6-15)9-8-17(33-22)14-30-23(32)29-12-4-11-28/h1-3,5,7,10,13,15,17-18,21-22,31H,4,6,8-9,11-12,14,28H2,(H2,29,30,32)/t15?,17-,18+,21+,22+/m1/s1. The van der Waals surface area contributed by atoms with E-state index < -0.39 is 17.8 Å². The van der Waals surface area contributed by atoms with Crippen LogP contribution in [-0.4, -0.2) is 37.8 Å². The lowest BCUT2D eigenvalue weighted by atomic mass is 9.73. The monoisotopic (exact) mass is 464 g/mol. The molecule has 4 rings (SSSR count). The van der Waals surface area contributed by atoms with E-state index in [2.05, 4.69) is 28.1 Å². The van der Waals surface area contributed by atoms with Crippen LogP contribution in [0.5, 0.6) is 0 Å². The van der Waals surface area contributed by atoms with Gasteiger partial charge in [0.05, 0.1) is 17.8 Å². The maximum absolute atomic E-state index is 13.4. The first-order valence-electron chi connectivity index (χ1n) is 11.5. The van der Waals surface area contributed by atoms with Crippen LogP contribution in [0, 0.1) is 11.8 Å². The maximum Gasteiger partial charge on any atom is 0.416 e. The molecule has 3 aliphatic rings. The molecule has 0 radical (unpaired) electrons. The highest BCUT2D eigenvalue weighted by Gasteiger charge is 2.45. The number of ether oxygens (including phenoxy) is 1. The van der Waals surface area contributed by atoms with Crippen molar-refractivity contribution in [1.82, 2.24) is 10.6 Å². The normalized spacial score (nSPS) is 28.4. The largest absolute Gasteiger partial charge is 0.416 e. The van der Waals surface area contributed by atoms with E-state index in [1.165, 1.54) is 12.1 Å². The van der Waals surface area contributed by atoms with Crippen LogP contribution in [0.1, 0.15) is 42.9 Å². The third-order valence-corrected chi connectivity index (χ3v) is 6.65. The van der Waals surface area contributed by atoms with Crippen LogP contribution in [0.3, 0.4) is 0 Å². The van der Waals surface area contributed by atoms with Crippen molar-refractivity contribution in [3.05, 3.63) is 53.6 Å². The molecule has 0 spiro atoms. The number of alkyl halides is 3. The number of benzene rings is 1. The summed E-state index contributed by atoms with van der Waals surface area (Å²) in [6.07, 6.45) is 6.24. The number of amides is 2. The summed E-state index contributed by atoms with van der Waals surface area (Å²) in [6.45, 7) is 1.29. The molecular weight excluding hydrogens is 433 g/mol. The van der Waals surface area contributed by atoms with Crippen molar-refractivity contribution < 1.29 is 22.7 Å². The van der Waals surface area contributed by atoms with E-state index in [1.54, 1.807) is 0 Å². The Morgan fingerprint density at radius 3 is 2.79 bits per heavy atom. The number of fused-ring (bicyclic) bond motifs is 3. The van der Waals surface area contributed by atoms with Crippen LogP contribution >= 0.6 is 0 Å². The first kappa shape index (κ1) is 23.6. The second-order valence-corrected chi connectivity index (χ2v) is 8.88. The summed E-state index contributed by atoms with van der Waals surface area (Å²) in [7, 11) is 0. The van der Waals surface area contributed by atoms with Gasteiger partial charge in [0, 0.05) is 42.2 Å². The quantitative estimate of drug-likeness (QED) is 0.477. The molecule has 0 bridgehead atoms. The van der Waals surface area contributed by atoms with Crippen LogP contribution in [0.25, 0.3) is 0 Å². The fraction of sp³-hybridized carbons (Fsp3) is 0.542. The molecule has 5 N–H and O–H groups in total. The van der Waals surface area contributed by atoms with E-state index in [-0.39, 0.29) is 30.0 Å². The molecule has 1 unspecified atom stereocenters. The Kier molecular flexibility index (Phi) is 7.29. The SMILES string of the molecule is NCCCNC(=O)NC[C@H]1CC[C@@H]2[C@H](O1)c1cc(C(F)(F)F)ccc1N[C@H]2C1C=CC=CC1. The lowest BCUT2D eigenvalue weighted by Crippen LogP contribution is -2.49. The van der Waals surface area contributed by atoms with Gasteiger partial charge in [0.1, 0.15) is 0 Å². The van der Waals surface area contributed by atoms with Crippen molar-refractivity contribution in [3.8, 4) is 0 Å². The number of halogens is 3. The number of hydrogen-bond acceptors (Lipinski definition) is 4. The molecule has 5 atom stereocenters. The zero-order valence-corrected chi connectivity index (χ0v) is 18.4. The Labute approximate surface area is 191 Å². The number of carbonyl (C=O) groups excluding carboxylic acids is 1. The van der Waals surface area contributed by atoms with Gasteiger partial charge in [-0.2, -0.15) is 13.2 Å². The summed E-state index contributed by atoms with van der Waals surface area (Å²) in [6, 6.07) is 3.61. The minimum absolute atomic E-state index is 0.0387. The zero-order valence-electron chi connectivity index (χ0n) is 18.4. The van der Waals surface area contributed by atoms with Crippen molar-refractivity contribution in [2.75, 3.05) is 25.0 Å². The summed E-state index contributed by atoms with van der Waals surface area (Å²) in [4.78, 5) is 12.0. The number of anilines is 1. The second-order valence-electron chi connectivity index (χ2n) is 8.88. The van der Waals surface area contributed by atoms with Crippen LogP contribution in [-0.2, 0) is 10.9 Å². The summed E-state index contributed by atoms with van der Waals surface area (Å²) in [5.74, 6) is 0.279. The van der Waals surface area contributed by atoms with Crippen molar-refractivity contribution in [2.45, 2.75) is 50.1 Å². The molecule has 1 aromatic carbocycles. The Balaban J connectivity index is 1.52. The lowest BCUT2D eigenvalue weighted by molar-refractivity contribution is -0.138. The van der Waals surface area contributed by atoms with Gasteiger partial charge >= 0.3 is 12.2 Å². The first-order valence-corrected chi connectivity index (χ1v) is 11.5. The summed E-state index contributed by atoms with van der Waals surface area (Å²) in [5, 5.41) is 9.06. The Bertz CT molecular complexity index is 902. The molecule has 1 aromatic rings. The van der Waals surface area contributed by atoms with E-state index in [0.29, 0.717) is 37.3 Å². The molecule has 0 saturated carbocycles. The lowest BCUT2D eigenvalue weighted by Gasteiger charge is -2.47. The predicted molar refractivity (Wildman–Crippen MR) is 121 cm³/mol. The van der Waals surface area contributed by atoms with E-state index in [1.807, 2.05) is 12.2 Å². The second kappa shape index (κ2) is 10.2. The number of urea groups is 1. The molecule has 1 fully saturated rings. The molecule has 2 amide bonds. The van der Waals surface area contributed by atoms with Gasteiger partial charge in [0.2, 0.25) is 0 Å². The minimum atomic E-state index is -4.42. The Morgan fingerprint density at radius 2 is 2.06 bits per heavy atom. The average Bonchev–Trinajstić information content (AvgIpc) is 2.82. The Morgan fingerprint density at radius 1 is 1.21 bits per heavy atom. The topological polar surface area (TPSA) is 88.4 Å². The maximum atomic E-state index is 13.4. The fourth-order valence-electron chi connectivity index (χ4n) is 4.98. The number of rotatable bonds is 6. The highest BCUT2D eigenvalue weighted by Crippen LogP contribution is 2.49. The molecule has 2 heterocycles. The van der Waals surface area contributed by atoms with Gasteiger partial charge in [0.15, 0.2) is 0 Å². The van der Waals surface area contributed by atoms with E-state index in [0.717, 1.165) is 25.3 Å². The van der Waals surface area contributed by atoms with Crippen molar-refractivity contribution in [1.29, 1.82) is 0 Å². The van der Waals surface area contributed by atoms with E-state index in [9.17, 15) is 18.0 Å². The summed E-state index contributed by atoms with van der Waals surface area (Å²) < 4.78 is 46.6. The molecule has 1 saturated heterocycles. The van der Waals surface area contributed by atoms with Crippen molar-refractivity contribution >= 4 is 11.7 Å². The van der Waals surface area contributed by atoms with Crippen LogP contribution < -0.4 is 21.7 Å². The number of nitrogens with one attached hydrogen (secondary N) is 3. The van der Waals surface area contributed by atoms with Gasteiger partial charge in [-0.1, -0.05) is 24.3 Å². The first-order chi connectivity index (χ1) is 15.9. The molecule has 2 aliphatic heterocycles.